The van der Waals surface area contributed by atoms with Crippen LogP contribution in [0, 0.1) is 17.3 Å². The van der Waals surface area contributed by atoms with Gasteiger partial charge in [0, 0.05) is 11.8 Å². The molecule has 0 aliphatic heterocycles. The quantitative estimate of drug-likeness (QED) is 0.525. The molecule has 0 radical (unpaired) electrons. The number of unbranched alkanes of at least 4 members (excludes halogenated alkanes) is 1. The van der Waals surface area contributed by atoms with Gasteiger partial charge in [-0.2, -0.15) is 0 Å². The lowest BCUT2D eigenvalue weighted by Gasteiger charge is -2.55. The van der Waals surface area contributed by atoms with E-state index >= 15 is 0 Å². The van der Waals surface area contributed by atoms with Crippen molar-refractivity contribution in [3.05, 3.63) is 42.0 Å². The highest BCUT2D eigenvalue weighted by Crippen LogP contribution is 2.64. The number of carbonyl (C=O) groups is 1. The van der Waals surface area contributed by atoms with Gasteiger partial charge < -0.3 is 9.84 Å². The summed E-state index contributed by atoms with van der Waals surface area (Å²) in [7, 11) is 0. The maximum atomic E-state index is 12.2. The van der Waals surface area contributed by atoms with Gasteiger partial charge in [0.1, 0.15) is 11.9 Å². The molecule has 0 aromatic heterocycles. The zero-order valence-electron chi connectivity index (χ0n) is 17.4. The summed E-state index contributed by atoms with van der Waals surface area (Å²) in [6.45, 7) is 8.79. The van der Waals surface area contributed by atoms with Crippen LogP contribution < -0.4 is 0 Å². The van der Waals surface area contributed by atoms with Gasteiger partial charge in [0.25, 0.3) is 0 Å². The fraction of sp³-hybridized carbons (Fsp3) is 0.640. The first-order valence-corrected chi connectivity index (χ1v) is 11.1. The molecule has 4 rings (SSSR count). The molecular formula is C25H34O3. The Kier molecular flexibility index (Phi) is 5.05. The van der Waals surface area contributed by atoms with Crippen LogP contribution in [0.1, 0.15) is 76.3 Å². The molecule has 0 heterocycles. The molecule has 3 aliphatic rings. The Morgan fingerprint density at radius 2 is 2.18 bits per heavy atom. The zero-order valence-corrected chi connectivity index (χ0v) is 17.4. The van der Waals surface area contributed by atoms with Crippen molar-refractivity contribution in [1.82, 2.24) is 0 Å². The summed E-state index contributed by atoms with van der Waals surface area (Å²) in [5, 5.41) is 9.94. The molecule has 28 heavy (non-hydrogen) atoms. The Balaban J connectivity index is 1.59. The van der Waals surface area contributed by atoms with E-state index < -0.39 is 0 Å². The zero-order chi connectivity index (χ0) is 19.9. The van der Waals surface area contributed by atoms with Gasteiger partial charge >= 0.3 is 5.97 Å². The van der Waals surface area contributed by atoms with E-state index in [-0.39, 0.29) is 22.9 Å². The van der Waals surface area contributed by atoms with E-state index in [1.165, 1.54) is 11.1 Å². The Labute approximate surface area is 169 Å². The van der Waals surface area contributed by atoms with E-state index in [0.29, 0.717) is 24.0 Å². The summed E-state index contributed by atoms with van der Waals surface area (Å²) < 4.78 is 5.90. The molecule has 152 valence electrons. The Morgan fingerprint density at radius 1 is 1.36 bits per heavy atom. The maximum absolute atomic E-state index is 12.2. The Bertz CT molecular complexity index is 769. The van der Waals surface area contributed by atoms with Crippen molar-refractivity contribution in [3.63, 3.8) is 0 Å². The molecule has 1 N–H and O–H groups in total. The van der Waals surface area contributed by atoms with Crippen molar-refractivity contribution in [1.29, 1.82) is 0 Å². The maximum Gasteiger partial charge on any atom is 0.306 e. The van der Waals surface area contributed by atoms with E-state index in [0.717, 1.165) is 51.4 Å². The third-order valence-corrected chi connectivity index (χ3v) is 8.07. The molecule has 3 nitrogen and oxygen atoms in total. The number of phenolic OH excluding ortho intramolecular Hbond substituents is 1. The first kappa shape index (κ1) is 19.5. The first-order chi connectivity index (χ1) is 13.4. The summed E-state index contributed by atoms with van der Waals surface area (Å²) >= 11 is 0. The van der Waals surface area contributed by atoms with Crippen molar-refractivity contribution in [3.8, 4) is 5.75 Å². The van der Waals surface area contributed by atoms with Crippen LogP contribution in [0.4, 0.5) is 0 Å². The molecule has 3 heteroatoms. The second-order valence-corrected chi connectivity index (χ2v) is 9.65. The molecule has 0 spiro atoms. The van der Waals surface area contributed by atoms with Crippen molar-refractivity contribution >= 4 is 5.97 Å². The molecule has 0 bridgehead atoms. The molecule has 0 amide bonds. The van der Waals surface area contributed by atoms with Crippen LogP contribution in [-0.4, -0.2) is 17.2 Å². The highest BCUT2D eigenvalue weighted by atomic mass is 16.5. The average molecular weight is 383 g/mol. The number of aryl methyl sites for hydroxylation is 1. The lowest BCUT2D eigenvalue weighted by Crippen LogP contribution is -2.49. The fourth-order valence-corrected chi connectivity index (χ4v) is 6.66. The highest BCUT2D eigenvalue weighted by Gasteiger charge is 2.58. The minimum absolute atomic E-state index is 0.00737. The van der Waals surface area contributed by atoms with Crippen LogP contribution in [0.15, 0.2) is 30.9 Å². The smallest absolute Gasteiger partial charge is 0.306 e. The Morgan fingerprint density at radius 3 is 2.93 bits per heavy atom. The number of hydrogen-bond donors (Lipinski definition) is 1. The number of rotatable bonds is 5. The summed E-state index contributed by atoms with van der Waals surface area (Å²) in [6, 6.07) is 5.89. The number of fused-ring (bicyclic) bond motifs is 5. The Hall–Kier alpha value is -1.77. The van der Waals surface area contributed by atoms with Gasteiger partial charge in [-0.15, -0.1) is 6.58 Å². The number of phenols is 1. The van der Waals surface area contributed by atoms with Crippen molar-refractivity contribution < 1.29 is 14.6 Å². The summed E-state index contributed by atoms with van der Waals surface area (Å²) in [6.07, 6.45) is 11.1. The molecule has 5 atom stereocenters. The second kappa shape index (κ2) is 7.24. The molecule has 2 fully saturated rings. The average Bonchev–Trinajstić information content (AvgIpc) is 3.01. The topological polar surface area (TPSA) is 46.5 Å². The van der Waals surface area contributed by atoms with Gasteiger partial charge in [0.05, 0.1) is 0 Å². The van der Waals surface area contributed by atoms with E-state index in [1.807, 2.05) is 12.1 Å². The molecule has 0 saturated heterocycles. The minimum Gasteiger partial charge on any atom is -0.508 e. The summed E-state index contributed by atoms with van der Waals surface area (Å²) in [4.78, 5) is 12.2. The van der Waals surface area contributed by atoms with Crippen LogP contribution in [0.5, 0.6) is 5.75 Å². The third-order valence-electron chi connectivity index (χ3n) is 8.07. The van der Waals surface area contributed by atoms with Crippen LogP contribution in [0.3, 0.4) is 0 Å². The lowest BCUT2D eigenvalue weighted by molar-refractivity contribution is -0.149. The van der Waals surface area contributed by atoms with Crippen LogP contribution in [0.25, 0.3) is 0 Å². The fourth-order valence-electron chi connectivity index (χ4n) is 6.66. The van der Waals surface area contributed by atoms with E-state index in [1.54, 1.807) is 0 Å². The number of benzene rings is 1. The number of ether oxygens (including phenoxy) is 1. The third kappa shape index (κ3) is 3.07. The minimum atomic E-state index is -0.0199. The number of esters is 1. The normalized spacial score (nSPS) is 36.1. The van der Waals surface area contributed by atoms with E-state index in [2.05, 4.69) is 32.6 Å². The van der Waals surface area contributed by atoms with Crippen LogP contribution in [-0.2, 0) is 21.4 Å². The lowest BCUT2D eigenvalue weighted by atomic mass is 9.49. The standard InChI is InChI=1S/C25H34O3/c1-4-6-7-23(27)28-19-15-22-21-10-8-17-14-18(26)9-11-20(17)25(21,5-2)13-12-24(22,3)16-19/h5,9,11,14,19,21-22,26H,2,4,6-8,10,12-13,15-16H2,1,3H3/t19-,21+,22+,24-,25-/m1/s1. The molecular weight excluding hydrogens is 348 g/mol. The van der Waals surface area contributed by atoms with E-state index in [4.69, 9.17) is 4.74 Å². The monoisotopic (exact) mass is 382 g/mol. The molecule has 1 aromatic rings. The van der Waals surface area contributed by atoms with Gasteiger partial charge in [-0.3, -0.25) is 4.79 Å². The van der Waals surface area contributed by atoms with Gasteiger partial charge in [-0.25, -0.2) is 0 Å². The van der Waals surface area contributed by atoms with Crippen LogP contribution >= 0.6 is 0 Å². The van der Waals surface area contributed by atoms with Crippen molar-refractivity contribution in [2.24, 2.45) is 17.3 Å². The highest BCUT2D eigenvalue weighted by molar-refractivity contribution is 5.69. The summed E-state index contributed by atoms with van der Waals surface area (Å²) in [5.74, 6) is 1.44. The second-order valence-electron chi connectivity index (χ2n) is 9.65. The SMILES string of the molecule is C=C[C@]12CC[C@]3(C)C[C@H](OC(=O)CCCC)C[C@H]3[C@@H]1CCc1cc(O)ccc12. The molecule has 0 unspecified atom stereocenters. The van der Waals surface area contributed by atoms with Crippen molar-refractivity contribution in [2.45, 2.75) is 83.2 Å². The number of carbonyl (C=O) groups excluding carboxylic acids is 1. The number of allylic oxidation sites excluding steroid dienone is 1. The van der Waals surface area contributed by atoms with Gasteiger partial charge in [0.2, 0.25) is 0 Å². The van der Waals surface area contributed by atoms with Crippen LogP contribution in [0.2, 0.25) is 0 Å². The largest absolute Gasteiger partial charge is 0.508 e. The first-order valence-electron chi connectivity index (χ1n) is 11.1. The molecule has 2 saturated carbocycles. The van der Waals surface area contributed by atoms with Crippen molar-refractivity contribution in [2.75, 3.05) is 0 Å². The predicted octanol–water partition coefficient (Wildman–Crippen LogP) is 5.69. The van der Waals surface area contributed by atoms with E-state index in [9.17, 15) is 9.90 Å². The van der Waals surface area contributed by atoms with Gasteiger partial charge in [-0.05, 0) is 85.5 Å². The number of hydrogen-bond acceptors (Lipinski definition) is 3. The number of aromatic hydroxyl groups is 1. The molecule has 1 aromatic carbocycles. The predicted molar refractivity (Wildman–Crippen MR) is 111 cm³/mol. The van der Waals surface area contributed by atoms with Gasteiger partial charge in [0.15, 0.2) is 0 Å². The van der Waals surface area contributed by atoms with Gasteiger partial charge in [-0.1, -0.05) is 32.4 Å². The molecule has 3 aliphatic carbocycles. The summed E-state index contributed by atoms with van der Waals surface area (Å²) in [5.41, 5.74) is 2.88.